The zero-order valence-corrected chi connectivity index (χ0v) is 12.2. The van der Waals surface area contributed by atoms with Crippen LogP contribution in [0.5, 0.6) is 0 Å². The second kappa shape index (κ2) is 6.46. The lowest BCUT2D eigenvalue weighted by molar-refractivity contribution is 0.597. The number of rotatable bonds is 5. The molecule has 0 spiro atoms. The van der Waals surface area contributed by atoms with Crippen molar-refractivity contribution in [3.05, 3.63) is 72.2 Å². The van der Waals surface area contributed by atoms with Gasteiger partial charge in [-0.25, -0.2) is 0 Å². The van der Waals surface area contributed by atoms with Gasteiger partial charge in [0.05, 0.1) is 11.6 Å². The molecule has 3 rings (SSSR count). The molecule has 0 aliphatic rings. The monoisotopic (exact) mass is 277 g/mol. The predicted molar refractivity (Wildman–Crippen MR) is 86.1 cm³/mol. The number of pyridine rings is 2. The fourth-order valence-electron chi connectivity index (χ4n) is 2.52. The molecule has 1 unspecified atom stereocenters. The number of para-hydroxylation sites is 1. The van der Waals surface area contributed by atoms with E-state index in [4.69, 9.17) is 0 Å². The Kier molecular flexibility index (Phi) is 4.22. The Morgan fingerprint density at radius 1 is 1.05 bits per heavy atom. The molecule has 2 aromatic heterocycles. The molecular weight excluding hydrogens is 258 g/mol. The summed E-state index contributed by atoms with van der Waals surface area (Å²) >= 11 is 0. The van der Waals surface area contributed by atoms with Crippen molar-refractivity contribution >= 4 is 10.9 Å². The summed E-state index contributed by atoms with van der Waals surface area (Å²) < 4.78 is 0. The van der Waals surface area contributed by atoms with Crippen LogP contribution in [0.4, 0.5) is 0 Å². The molecule has 21 heavy (non-hydrogen) atoms. The van der Waals surface area contributed by atoms with Gasteiger partial charge in [-0.15, -0.1) is 0 Å². The third-order valence-electron chi connectivity index (χ3n) is 3.58. The molecular formula is C18H19N3. The lowest BCUT2D eigenvalue weighted by Gasteiger charge is -2.19. The van der Waals surface area contributed by atoms with Crippen molar-refractivity contribution in [1.29, 1.82) is 0 Å². The molecule has 0 amide bonds. The Hall–Kier alpha value is -2.26. The van der Waals surface area contributed by atoms with Crippen molar-refractivity contribution < 1.29 is 0 Å². The van der Waals surface area contributed by atoms with Crippen LogP contribution in [0, 0.1) is 0 Å². The second-order valence-electron chi connectivity index (χ2n) is 5.13. The highest BCUT2D eigenvalue weighted by Crippen LogP contribution is 2.23. The normalized spacial score (nSPS) is 12.4. The van der Waals surface area contributed by atoms with E-state index < -0.39 is 0 Å². The number of nitrogens with one attached hydrogen (secondary N) is 1. The van der Waals surface area contributed by atoms with E-state index in [9.17, 15) is 0 Å². The number of benzene rings is 1. The minimum Gasteiger partial charge on any atom is -0.306 e. The van der Waals surface area contributed by atoms with E-state index in [-0.39, 0.29) is 6.04 Å². The van der Waals surface area contributed by atoms with Gasteiger partial charge < -0.3 is 5.32 Å². The molecule has 0 aliphatic carbocycles. The van der Waals surface area contributed by atoms with Crippen LogP contribution in [0.25, 0.3) is 10.9 Å². The van der Waals surface area contributed by atoms with Crippen molar-refractivity contribution in [2.75, 3.05) is 6.54 Å². The lowest BCUT2D eigenvalue weighted by atomic mass is 9.99. The largest absolute Gasteiger partial charge is 0.306 e. The summed E-state index contributed by atoms with van der Waals surface area (Å²) in [5.41, 5.74) is 3.44. The van der Waals surface area contributed by atoms with Gasteiger partial charge in [-0.05, 0) is 48.4 Å². The Morgan fingerprint density at radius 3 is 2.67 bits per heavy atom. The molecule has 1 atom stereocenters. The van der Waals surface area contributed by atoms with E-state index in [0.717, 1.165) is 18.5 Å². The Labute approximate surface area is 125 Å². The number of nitrogens with zero attached hydrogens (tertiary/aromatic N) is 2. The van der Waals surface area contributed by atoms with Crippen LogP contribution < -0.4 is 5.32 Å². The van der Waals surface area contributed by atoms with Crippen LogP contribution >= 0.6 is 0 Å². The second-order valence-corrected chi connectivity index (χ2v) is 5.13. The average Bonchev–Trinajstić information content (AvgIpc) is 2.56. The first-order chi connectivity index (χ1) is 10.4. The van der Waals surface area contributed by atoms with E-state index in [1.165, 1.54) is 16.5 Å². The van der Waals surface area contributed by atoms with Gasteiger partial charge in [0.25, 0.3) is 0 Å². The topological polar surface area (TPSA) is 37.8 Å². The molecule has 0 bridgehead atoms. The molecule has 3 nitrogen and oxygen atoms in total. The molecule has 0 radical (unpaired) electrons. The number of fused-ring (bicyclic) bond motifs is 1. The highest BCUT2D eigenvalue weighted by molar-refractivity contribution is 5.78. The number of hydrogen-bond acceptors (Lipinski definition) is 3. The molecule has 1 aromatic carbocycles. The van der Waals surface area contributed by atoms with Gasteiger partial charge in [0.15, 0.2) is 0 Å². The van der Waals surface area contributed by atoms with E-state index >= 15 is 0 Å². The smallest absolute Gasteiger partial charge is 0.0702 e. The number of aromatic nitrogens is 2. The van der Waals surface area contributed by atoms with Crippen molar-refractivity contribution in [3.8, 4) is 0 Å². The zero-order chi connectivity index (χ0) is 14.5. The first kappa shape index (κ1) is 13.7. The SMILES string of the molecule is CCCNC(c1ccncc1)c1cnc2ccccc2c1. The van der Waals surface area contributed by atoms with Gasteiger partial charge >= 0.3 is 0 Å². The maximum atomic E-state index is 4.58. The van der Waals surface area contributed by atoms with Gasteiger partial charge in [0.2, 0.25) is 0 Å². The summed E-state index contributed by atoms with van der Waals surface area (Å²) in [6.07, 6.45) is 6.74. The molecule has 1 N–H and O–H groups in total. The van der Waals surface area contributed by atoms with E-state index in [2.05, 4.69) is 52.5 Å². The average molecular weight is 277 g/mol. The summed E-state index contributed by atoms with van der Waals surface area (Å²) in [6, 6.07) is 14.7. The maximum absolute atomic E-state index is 4.58. The van der Waals surface area contributed by atoms with Crippen LogP contribution in [0.2, 0.25) is 0 Å². The predicted octanol–water partition coefficient (Wildman–Crippen LogP) is 3.72. The van der Waals surface area contributed by atoms with Crippen LogP contribution in [0.1, 0.15) is 30.5 Å². The fourth-order valence-corrected chi connectivity index (χ4v) is 2.52. The molecule has 2 heterocycles. The molecule has 106 valence electrons. The Bertz CT molecular complexity index is 710. The van der Waals surface area contributed by atoms with E-state index in [1.807, 2.05) is 30.7 Å². The molecule has 0 saturated heterocycles. The summed E-state index contributed by atoms with van der Waals surface area (Å²) in [5, 5.41) is 4.77. The lowest BCUT2D eigenvalue weighted by Crippen LogP contribution is -2.23. The summed E-state index contributed by atoms with van der Waals surface area (Å²) in [5.74, 6) is 0. The quantitative estimate of drug-likeness (QED) is 0.772. The first-order valence-corrected chi connectivity index (χ1v) is 7.36. The fraction of sp³-hybridized carbons (Fsp3) is 0.222. The third-order valence-corrected chi connectivity index (χ3v) is 3.58. The summed E-state index contributed by atoms with van der Waals surface area (Å²) in [4.78, 5) is 8.69. The van der Waals surface area contributed by atoms with Crippen LogP contribution in [-0.2, 0) is 0 Å². The molecule has 0 saturated carbocycles. The van der Waals surface area contributed by atoms with Gasteiger partial charge in [-0.3, -0.25) is 9.97 Å². The van der Waals surface area contributed by atoms with Gasteiger partial charge in [0, 0.05) is 24.0 Å². The van der Waals surface area contributed by atoms with Crippen LogP contribution in [-0.4, -0.2) is 16.5 Å². The maximum Gasteiger partial charge on any atom is 0.0702 e. The zero-order valence-electron chi connectivity index (χ0n) is 12.2. The van der Waals surface area contributed by atoms with Gasteiger partial charge in [-0.2, -0.15) is 0 Å². The van der Waals surface area contributed by atoms with Crippen molar-refractivity contribution in [1.82, 2.24) is 15.3 Å². The van der Waals surface area contributed by atoms with Crippen molar-refractivity contribution in [3.63, 3.8) is 0 Å². The molecule has 3 heteroatoms. The Balaban J connectivity index is 2.01. The standard InChI is InChI=1S/C18H19N3/c1-2-9-20-18(14-7-10-19-11-8-14)16-12-15-5-3-4-6-17(15)21-13-16/h3-8,10-13,18,20H,2,9H2,1H3. The third kappa shape index (κ3) is 3.09. The van der Waals surface area contributed by atoms with Crippen molar-refractivity contribution in [2.24, 2.45) is 0 Å². The minimum absolute atomic E-state index is 0.157. The summed E-state index contributed by atoms with van der Waals surface area (Å²) in [6.45, 7) is 3.15. The van der Waals surface area contributed by atoms with Crippen LogP contribution in [0.3, 0.4) is 0 Å². The highest BCUT2D eigenvalue weighted by atomic mass is 14.9. The van der Waals surface area contributed by atoms with Crippen LogP contribution in [0.15, 0.2) is 61.1 Å². The number of hydrogen-bond donors (Lipinski definition) is 1. The van der Waals surface area contributed by atoms with E-state index in [1.54, 1.807) is 0 Å². The highest BCUT2D eigenvalue weighted by Gasteiger charge is 2.14. The Morgan fingerprint density at radius 2 is 1.86 bits per heavy atom. The molecule has 3 aromatic rings. The summed E-state index contributed by atoms with van der Waals surface area (Å²) in [7, 11) is 0. The molecule has 0 fully saturated rings. The van der Waals surface area contributed by atoms with Crippen molar-refractivity contribution in [2.45, 2.75) is 19.4 Å². The first-order valence-electron chi connectivity index (χ1n) is 7.36. The molecule has 0 aliphatic heterocycles. The van der Waals surface area contributed by atoms with E-state index in [0.29, 0.717) is 0 Å². The van der Waals surface area contributed by atoms with Gasteiger partial charge in [0.1, 0.15) is 0 Å². The van der Waals surface area contributed by atoms with Gasteiger partial charge in [-0.1, -0.05) is 25.1 Å². The minimum atomic E-state index is 0.157.